The molecule has 0 amide bonds. The van der Waals surface area contributed by atoms with Gasteiger partial charge in [-0.15, -0.1) is 0 Å². The fourth-order valence-corrected chi connectivity index (χ4v) is 1.84. The molecule has 5 nitrogen and oxygen atoms in total. The Morgan fingerprint density at radius 3 is 2.38 bits per heavy atom. The molecule has 2 N–H and O–H groups in total. The lowest BCUT2D eigenvalue weighted by Gasteiger charge is -2.33. The molecular formula is C11H19NO4. The molecular weight excluding hydrogens is 210 g/mol. The molecule has 1 saturated heterocycles. The maximum atomic E-state index is 12.0. The minimum absolute atomic E-state index is 0.132. The molecule has 0 aromatic heterocycles. The predicted octanol–water partition coefficient (Wildman–Crippen LogP) is 0.263. The fourth-order valence-electron chi connectivity index (χ4n) is 1.84. The first-order chi connectivity index (χ1) is 7.53. The number of ketones is 1. The quantitative estimate of drug-likeness (QED) is 0.552. The zero-order chi connectivity index (χ0) is 12.2. The van der Waals surface area contributed by atoms with Crippen LogP contribution < -0.4 is 5.73 Å². The predicted molar refractivity (Wildman–Crippen MR) is 57.8 cm³/mol. The molecule has 0 aliphatic carbocycles. The molecule has 0 bridgehead atoms. The van der Waals surface area contributed by atoms with Gasteiger partial charge in [-0.05, 0) is 26.7 Å². The number of ether oxygens (including phenoxy) is 2. The summed E-state index contributed by atoms with van der Waals surface area (Å²) in [6.07, 6.45) is 0.515. The molecule has 0 aromatic carbocycles. The van der Waals surface area contributed by atoms with Crippen LogP contribution >= 0.6 is 0 Å². The van der Waals surface area contributed by atoms with E-state index in [0.29, 0.717) is 26.1 Å². The van der Waals surface area contributed by atoms with Crippen molar-refractivity contribution in [3.05, 3.63) is 0 Å². The lowest BCUT2D eigenvalue weighted by molar-refractivity contribution is -0.169. The molecule has 1 aliphatic rings. The highest BCUT2D eigenvalue weighted by atomic mass is 16.5. The molecule has 0 aromatic rings. The average molecular weight is 229 g/mol. The van der Waals surface area contributed by atoms with Gasteiger partial charge in [-0.1, -0.05) is 0 Å². The van der Waals surface area contributed by atoms with E-state index in [1.165, 1.54) is 0 Å². The molecule has 0 saturated carbocycles. The van der Waals surface area contributed by atoms with Gasteiger partial charge in [0.15, 0.2) is 5.78 Å². The highest BCUT2D eigenvalue weighted by molar-refractivity contribution is 6.04. The molecule has 1 heterocycles. The van der Waals surface area contributed by atoms with Gasteiger partial charge in [0.1, 0.15) is 5.41 Å². The van der Waals surface area contributed by atoms with Crippen molar-refractivity contribution in [2.24, 2.45) is 11.1 Å². The first-order valence-corrected chi connectivity index (χ1v) is 5.55. The number of Topliss-reactive ketones (excluding diaryl/α,β-unsaturated/α-hetero) is 1. The summed E-state index contributed by atoms with van der Waals surface area (Å²) in [5, 5.41) is 0. The van der Waals surface area contributed by atoms with Gasteiger partial charge in [-0.3, -0.25) is 9.59 Å². The Kier molecular flexibility index (Phi) is 4.44. The molecule has 1 fully saturated rings. The molecule has 92 valence electrons. The third kappa shape index (κ3) is 2.59. The SMILES string of the molecule is CC(C)OC(=O)C1(C(=O)CN)CCOCC1. The Morgan fingerprint density at radius 1 is 1.38 bits per heavy atom. The van der Waals surface area contributed by atoms with E-state index in [9.17, 15) is 9.59 Å². The topological polar surface area (TPSA) is 78.6 Å². The first-order valence-electron chi connectivity index (χ1n) is 5.55. The van der Waals surface area contributed by atoms with E-state index >= 15 is 0 Å². The van der Waals surface area contributed by atoms with Crippen molar-refractivity contribution in [1.82, 2.24) is 0 Å². The van der Waals surface area contributed by atoms with Gasteiger partial charge in [0.25, 0.3) is 0 Å². The van der Waals surface area contributed by atoms with Crippen LogP contribution in [-0.2, 0) is 19.1 Å². The summed E-state index contributed by atoms with van der Waals surface area (Å²) in [7, 11) is 0. The maximum absolute atomic E-state index is 12.0. The second-order valence-electron chi connectivity index (χ2n) is 4.28. The van der Waals surface area contributed by atoms with Crippen LogP contribution in [0.4, 0.5) is 0 Å². The van der Waals surface area contributed by atoms with Crippen molar-refractivity contribution >= 4 is 11.8 Å². The van der Waals surface area contributed by atoms with Crippen molar-refractivity contribution in [3.8, 4) is 0 Å². The van der Waals surface area contributed by atoms with Crippen molar-refractivity contribution in [1.29, 1.82) is 0 Å². The lowest BCUT2D eigenvalue weighted by Crippen LogP contribution is -2.48. The molecule has 0 radical (unpaired) electrons. The maximum Gasteiger partial charge on any atom is 0.320 e. The molecule has 5 heteroatoms. The molecule has 1 aliphatic heterocycles. The summed E-state index contributed by atoms with van der Waals surface area (Å²) in [5.41, 5.74) is 4.29. The Balaban J connectivity index is 2.85. The van der Waals surface area contributed by atoms with Crippen LogP contribution in [0.25, 0.3) is 0 Å². The molecule has 0 spiro atoms. The summed E-state index contributed by atoms with van der Waals surface area (Å²) in [6, 6.07) is 0. The third-order valence-corrected chi connectivity index (χ3v) is 2.80. The van der Waals surface area contributed by atoms with Crippen LogP contribution in [0, 0.1) is 5.41 Å². The highest BCUT2D eigenvalue weighted by Crippen LogP contribution is 2.33. The van der Waals surface area contributed by atoms with E-state index < -0.39 is 11.4 Å². The third-order valence-electron chi connectivity index (χ3n) is 2.80. The Labute approximate surface area is 95.3 Å². The van der Waals surface area contributed by atoms with Gasteiger partial charge in [-0.25, -0.2) is 0 Å². The van der Waals surface area contributed by atoms with Gasteiger partial charge in [0.2, 0.25) is 0 Å². The number of hydrogen-bond donors (Lipinski definition) is 1. The Hall–Kier alpha value is -0.940. The van der Waals surface area contributed by atoms with Crippen LogP contribution in [-0.4, -0.2) is 37.6 Å². The number of rotatable bonds is 4. The van der Waals surface area contributed by atoms with Crippen molar-refractivity contribution in [2.45, 2.75) is 32.8 Å². The molecule has 1 rings (SSSR count). The standard InChI is InChI=1S/C11H19NO4/c1-8(2)16-10(14)11(9(13)7-12)3-5-15-6-4-11/h8H,3-7,12H2,1-2H3. The zero-order valence-electron chi connectivity index (χ0n) is 9.82. The van der Waals surface area contributed by atoms with Gasteiger partial charge < -0.3 is 15.2 Å². The van der Waals surface area contributed by atoms with Gasteiger partial charge in [0.05, 0.1) is 12.6 Å². The normalized spacial score (nSPS) is 19.5. The van der Waals surface area contributed by atoms with E-state index in [1.54, 1.807) is 13.8 Å². The second kappa shape index (κ2) is 5.41. The van der Waals surface area contributed by atoms with Crippen LogP contribution in [0.1, 0.15) is 26.7 Å². The van der Waals surface area contributed by atoms with Crippen LogP contribution in [0.15, 0.2) is 0 Å². The smallest absolute Gasteiger partial charge is 0.320 e. The van der Waals surface area contributed by atoms with Crippen LogP contribution in [0.3, 0.4) is 0 Å². The molecule has 0 unspecified atom stereocenters. The number of carbonyl (C=O) groups excluding carboxylic acids is 2. The van der Waals surface area contributed by atoms with Crippen molar-refractivity contribution < 1.29 is 19.1 Å². The Bertz CT molecular complexity index is 269. The number of nitrogens with two attached hydrogens (primary N) is 1. The van der Waals surface area contributed by atoms with Crippen LogP contribution in [0.5, 0.6) is 0 Å². The van der Waals surface area contributed by atoms with Gasteiger partial charge in [0, 0.05) is 13.2 Å². The van der Waals surface area contributed by atoms with Crippen molar-refractivity contribution in [2.75, 3.05) is 19.8 Å². The minimum atomic E-state index is -1.07. The molecule has 16 heavy (non-hydrogen) atoms. The number of esters is 1. The summed E-state index contributed by atoms with van der Waals surface area (Å²) in [4.78, 5) is 23.8. The molecule has 0 atom stereocenters. The van der Waals surface area contributed by atoms with Gasteiger partial charge >= 0.3 is 5.97 Å². The summed E-state index contributed by atoms with van der Waals surface area (Å²) in [5.74, 6) is -0.706. The number of carbonyl (C=O) groups is 2. The monoisotopic (exact) mass is 229 g/mol. The zero-order valence-corrected chi connectivity index (χ0v) is 9.82. The van der Waals surface area contributed by atoms with Crippen LogP contribution in [0.2, 0.25) is 0 Å². The summed E-state index contributed by atoms with van der Waals surface area (Å²) >= 11 is 0. The summed E-state index contributed by atoms with van der Waals surface area (Å²) in [6.45, 7) is 4.20. The lowest BCUT2D eigenvalue weighted by atomic mass is 9.76. The van der Waals surface area contributed by atoms with E-state index in [4.69, 9.17) is 15.2 Å². The average Bonchev–Trinajstić information content (AvgIpc) is 2.28. The summed E-state index contributed by atoms with van der Waals surface area (Å²) < 4.78 is 10.3. The largest absolute Gasteiger partial charge is 0.462 e. The fraction of sp³-hybridized carbons (Fsp3) is 0.818. The van der Waals surface area contributed by atoms with Gasteiger partial charge in [-0.2, -0.15) is 0 Å². The Morgan fingerprint density at radius 2 is 1.94 bits per heavy atom. The number of hydrogen-bond acceptors (Lipinski definition) is 5. The van der Waals surface area contributed by atoms with E-state index in [2.05, 4.69) is 0 Å². The minimum Gasteiger partial charge on any atom is -0.462 e. The van der Waals surface area contributed by atoms with E-state index in [-0.39, 0.29) is 18.4 Å². The second-order valence-corrected chi connectivity index (χ2v) is 4.28. The van der Waals surface area contributed by atoms with E-state index in [1.807, 2.05) is 0 Å². The first kappa shape index (κ1) is 13.1. The van der Waals surface area contributed by atoms with E-state index in [0.717, 1.165) is 0 Å². The van der Waals surface area contributed by atoms with Crippen molar-refractivity contribution in [3.63, 3.8) is 0 Å². The highest BCUT2D eigenvalue weighted by Gasteiger charge is 2.47.